The van der Waals surface area contributed by atoms with Crippen molar-refractivity contribution in [2.24, 2.45) is 7.05 Å². The summed E-state index contributed by atoms with van der Waals surface area (Å²) in [5.41, 5.74) is 1.83. The summed E-state index contributed by atoms with van der Waals surface area (Å²) in [7, 11) is 1.87. The van der Waals surface area contributed by atoms with Gasteiger partial charge >= 0.3 is 0 Å². The number of benzene rings is 1. The molecule has 0 aliphatic rings. The van der Waals surface area contributed by atoms with Crippen LogP contribution in [0.2, 0.25) is 0 Å². The molecule has 0 aliphatic carbocycles. The number of hydrogen-bond donors (Lipinski definition) is 1. The molecule has 100 valence electrons. The van der Waals surface area contributed by atoms with Crippen LogP contribution in [-0.2, 0) is 12.5 Å². The average molecular weight is 256 g/mol. The lowest BCUT2D eigenvalue weighted by Crippen LogP contribution is -2.37. The molecule has 3 nitrogen and oxygen atoms in total. The van der Waals surface area contributed by atoms with Gasteiger partial charge in [0, 0.05) is 25.2 Å². The van der Waals surface area contributed by atoms with Gasteiger partial charge in [0.1, 0.15) is 5.69 Å². The van der Waals surface area contributed by atoms with Crippen LogP contribution in [-0.4, -0.2) is 17.0 Å². The minimum absolute atomic E-state index is 0.0310. The van der Waals surface area contributed by atoms with Gasteiger partial charge in [-0.15, -0.1) is 0 Å². The van der Waals surface area contributed by atoms with Crippen molar-refractivity contribution in [3.63, 3.8) is 0 Å². The molecule has 0 atom stereocenters. The van der Waals surface area contributed by atoms with E-state index in [0.717, 1.165) is 0 Å². The van der Waals surface area contributed by atoms with Gasteiger partial charge < -0.3 is 9.88 Å². The second-order valence-electron chi connectivity index (χ2n) is 5.44. The summed E-state index contributed by atoms with van der Waals surface area (Å²) < 4.78 is 1.82. The molecule has 0 bridgehead atoms. The van der Waals surface area contributed by atoms with Gasteiger partial charge in [-0.05, 0) is 17.7 Å². The molecule has 0 radical (unpaired) electrons. The van der Waals surface area contributed by atoms with Crippen molar-refractivity contribution in [3.05, 3.63) is 59.9 Å². The van der Waals surface area contributed by atoms with Crippen molar-refractivity contribution in [1.29, 1.82) is 0 Å². The largest absolute Gasteiger partial charge is 0.350 e. The Balaban J connectivity index is 2.03. The number of rotatable bonds is 4. The predicted octanol–water partition coefficient (Wildman–Crippen LogP) is 2.73. The van der Waals surface area contributed by atoms with Gasteiger partial charge in [0.25, 0.3) is 5.91 Å². The third-order valence-corrected chi connectivity index (χ3v) is 3.42. The van der Waals surface area contributed by atoms with Gasteiger partial charge in [-0.2, -0.15) is 0 Å². The number of aromatic nitrogens is 1. The summed E-state index contributed by atoms with van der Waals surface area (Å²) in [4.78, 5) is 12.1. The summed E-state index contributed by atoms with van der Waals surface area (Å²) in [6, 6.07) is 13.9. The number of nitrogens with one attached hydrogen (secondary N) is 1. The zero-order chi connectivity index (χ0) is 13.9. The van der Waals surface area contributed by atoms with E-state index in [1.54, 1.807) is 0 Å². The van der Waals surface area contributed by atoms with Gasteiger partial charge in [-0.1, -0.05) is 44.2 Å². The van der Waals surface area contributed by atoms with Crippen LogP contribution in [0.25, 0.3) is 0 Å². The molecule has 1 aromatic carbocycles. The van der Waals surface area contributed by atoms with Crippen LogP contribution in [0, 0.1) is 0 Å². The summed E-state index contributed by atoms with van der Waals surface area (Å²) >= 11 is 0. The van der Waals surface area contributed by atoms with Crippen LogP contribution in [0.4, 0.5) is 0 Å². The van der Waals surface area contributed by atoms with E-state index in [2.05, 4.69) is 31.3 Å². The van der Waals surface area contributed by atoms with E-state index in [1.807, 2.05) is 48.1 Å². The molecular weight excluding hydrogens is 236 g/mol. The van der Waals surface area contributed by atoms with Crippen molar-refractivity contribution in [2.75, 3.05) is 6.54 Å². The molecule has 1 heterocycles. The Morgan fingerprint density at radius 2 is 1.84 bits per heavy atom. The first-order valence-electron chi connectivity index (χ1n) is 6.46. The molecule has 0 spiro atoms. The number of amides is 1. The highest BCUT2D eigenvalue weighted by atomic mass is 16.1. The smallest absolute Gasteiger partial charge is 0.267 e. The lowest BCUT2D eigenvalue weighted by molar-refractivity contribution is 0.0937. The minimum atomic E-state index is -0.0813. The molecule has 19 heavy (non-hydrogen) atoms. The van der Waals surface area contributed by atoms with Crippen molar-refractivity contribution in [3.8, 4) is 0 Å². The Kier molecular flexibility index (Phi) is 3.74. The predicted molar refractivity (Wildman–Crippen MR) is 77.2 cm³/mol. The second kappa shape index (κ2) is 5.31. The van der Waals surface area contributed by atoms with Gasteiger partial charge in [-0.25, -0.2) is 0 Å². The van der Waals surface area contributed by atoms with Crippen molar-refractivity contribution in [1.82, 2.24) is 9.88 Å². The lowest BCUT2D eigenvalue weighted by atomic mass is 9.84. The van der Waals surface area contributed by atoms with Crippen LogP contribution < -0.4 is 5.32 Å². The molecule has 0 saturated carbocycles. The highest BCUT2D eigenvalue weighted by Crippen LogP contribution is 2.21. The summed E-state index contributed by atoms with van der Waals surface area (Å²) in [6.45, 7) is 4.88. The van der Waals surface area contributed by atoms with E-state index in [4.69, 9.17) is 0 Å². The lowest BCUT2D eigenvalue weighted by Gasteiger charge is -2.25. The molecule has 3 heteroatoms. The van der Waals surface area contributed by atoms with Gasteiger partial charge in [-0.3, -0.25) is 4.79 Å². The third kappa shape index (κ3) is 3.05. The quantitative estimate of drug-likeness (QED) is 0.896. The SMILES string of the molecule is Cn1cccc1C(=O)NCC(C)(C)c1ccccc1. The first-order chi connectivity index (χ1) is 9.00. The first kappa shape index (κ1) is 13.4. The van der Waals surface area contributed by atoms with Gasteiger partial charge in [0.05, 0.1) is 0 Å². The molecule has 0 unspecified atom stereocenters. The monoisotopic (exact) mass is 256 g/mol. The number of carbonyl (C=O) groups excluding carboxylic acids is 1. The Morgan fingerprint density at radius 1 is 1.16 bits per heavy atom. The molecule has 1 N–H and O–H groups in total. The fraction of sp³-hybridized carbons (Fsp3) is 0.312. The molecule has 0 aliphatic heterocycles. The number of carbonyl (C=O) groups is 1. The van der Waals surface area contributed by atoms with Crippen LogP contribution in [0.1, 0.15) is 29.9 Å². The number of hydrogen-bond acceptors (Lipinski definition) is 1. The van der Waals surface area contributed by atoms with E-state index in [0.29, 0.717) is 12.2 Å². The molecule has 0 fully saturated rings. The van der Waals surface area contributed by atoms with E-state index >= 15 is 0 Å². The van der Waals surface area contributed by atoms with Crippen molar-refractivity contribution >= 4 is 5.91 Å². The Hall–Kier alpha value is -2.03. The van der Waals surface area contributed by atoms with Crippen LogP contribution in [0.15, 0.2) is 48.7 Å². The molecular formula is C16H20N2O. The zero-order valence-electron chi connectivity index (χ0n) is 11.7. The third-order valence-electron chi connectivity index (χ3n) is 3.42. The van der Waals surface area contributed by atoms with Crippen LogP contribution in [0.3, 0.4) is 0 Å². The maximum Gasteiger partial charge on any atom is 0.267 e. The van der Waals surface area contributed by atoms with Crippen molar-refractivity contribution in [2.45, 2.75) is 19.3 Å². The maximum absolute atomic E-state index is 12.1. The van der Waals surface area contributed by atoms with Crippen LogP contribution >= 0.6 is 0 Å². The second-order valence-corrected chi connectivity index (χ2v) is 5.44. The highest BCUT2D eigenvalue weighted by Gasteiger charge is 2.21. The maximum atomic E-state index is 12.1. The average Bonchev–Trinajstić information content (AvgIpc) is 2.83. The highest BCUT2D eigenvalue weighted by molar-refractivity contribution is 5.92. The number of nitrogens with zero attached hydrogens (tertiary/aromatic N) is 1. The summed E-state index contributed by atoms with van der Waals surface area (Å²) in [6.07, 6.45) is 1.87. The fourth-order valence-electron chi connectivity index (χ4n) is 2.08. The Morgan fingerprint density at radius 3 is 2.42 bits per heavy atom. The topological polar surface area (TPSA) is 34.0 Å². The Labute approximate surface area is 114 Å². The standard InChI is InChI=1S/C16H20N2O/c1-16(2,13-8-5-4-6-9-13)12-17-15(19)14-10-7-11-18(14)3/h4-11H,12H2,1-3H3,(H,17,19). The molecule has 2 rings (SSSR count). The molecule has 1 amide bonds. The minimum Gasteiger partial charge on any atom is -0.350 e. The van der Waals surface area contributed by atoms with Gasteiger partial charge in [0.2, 0.25) is 0 Å². The van der Waals surface area contributed by atoms with E-state index in [9.17, 15) is 4.79 Å². The van der Waals surface area contributed by atoms with E-state index in [-0.39, 0.29) is 11.3 Å². The summed E-state index contributed by atoms with van der Waals surface area (Å²) in [5.74, 6) is -0.0310. The molecule has 2 aromatic rings. The molecule has 0 saturated heterocycles. The normalized spacial score (nSPS) is 11.3. The number of aryl methyl sites for hydroxylation is 1. The van der Waals surface area contributed by atoms with E-state index < -0.39 is 0 Å². The Bertz CT molecular complexity index is 555. The first-order valence-corrected chi connectivity index (χ1v) is 6.46. The van der Waals surface area contributed by atoms with Gasteiger partial charge in [0.15, 0.2) is 0 Å². The van der Waals surface area contributed by atoms with Crippen LogP contribution in [0.5, 0.6) is 0 Å². The molecule has 1 aromatic heterocycles. The van der Waals surface area contributed by atoms with E-state index in [1.165, 1.54) is 5.56 Å². The zero-order valence-corrected chi connectivity index (χ0v) is 11.7. The fourth-order valence-corrected chi connectivity index (χ4v) is 2.08. The van der Waals surface area contributed by atoms with Crippen molar-refractivity contribution < 1.29 is 4.79 Å². The summed E-state index contributed by atoms with van der Waals surface area (Å²) in [5, 5.41) is 3.00.